The van der Waals surface area contributed by atoms with E-state index in [2.05, 4.69) is 0 Å². The number of nitrogens with two attached hydrogens (primary N) is 1. The second-order valence-corrected chi connectivity index (χ2v) is 1.90. The molecule has 0 saturated carbocycles. The van der Waals surface area contributed by atoms with Crippen molar-refractivity contribution in [2.75, 3.05) is 0 Å². The zero-order valence-corrected chi connectivity index (χ0v) is 4.54. The van der Waals surface area contributed by atoms with Crippen molar-refractivity contribution in [2.45, 2.75) is 12.5 Å². The molecule has 0 fully saturated rings. The minimum atomic E-state index is -0.361. The van der Waals surface area contributed by atoms with Gasteiger partial charge in [-0.15, -0.1) is 0 Å². The topological polar surface area (TPSA) is 46.2 Å². The van der Waals surface area contributed by atoms with Gasteiger partial charge in [-0.3, -0.25) is 0 Å². The van der Waals surface area contributed by atoms with Gasteiger partial charge in [-0.1, -0.05) is 12.2 Å². The fraction of sp³-hybridized carbons (Fsp3) is 0.333. The smallest absolute Gasteiger partial charge is 0.0778 e. The standard InChI is InChI=1S/C6H9NO/c7-5-2-1-3-6(8)4-5/h1-3,6,8H,4,7H2. The summed E-state index contributed by atoms with van der Waals surface area (Å²) in [5.41, 5.74) is 6.12. The Hall–Kier alpha value is -0.760. The Labute approximate surface area is 48.3 Å². The first-order valence-electron chi connectivity index (χ1n) is 2.60. The first kappa shape index (κ1) is 5.38. The highest BCUT2D eigenvalue weighted by molar-refractivity contribution is 5.17. The Balaban J connectivity index is 2.59. The molecule has 0 heterocycles. The summed E-state index contributed by atoms with van der Waals surface area (Å²) in [7, 11) is 0. The summed E-state index contributed by atoms with van der Waals surface area (Å²) >= 11 is 0. The Kier molecular flexibility index (Phi) is 1.35. The molecule has 0 amide bonds. The van der Waals surface area contributed by atoms with Gasteiger partial charge >= 0.3 is 0 Å². The fourth-order valence-corrected chi connectivity index (χ4v) is 0.685. The first-order valence-corrected chi connectivity index (χ1v) is 2.60. The average molecular weight is 111 g/mol. The van der Waals surface area contributed by atoms with Crippen LogP contribution in [0.25, 0.3) is 0 Å². The van der Waals surface area contributed by atoms with E-state index in [4.69, 9.17) is 10.8 Å². The van der Waals surface area contributed by atoms with E-state index in [1.807, 2.05) is 0 Å². The normalized spacial score (nSPS) is 27.6. The molecule has 0 spiro atoms. The minimum absolute atomic E-state index is 0.361. The van der Waals surface area contributed by atoms with E-state index in [1.54, 1.807) is 18.2 Å². The van der Waals surface area contributed by atoms with Gasteiger partial charge in [0.05, 0.1) is 6.10 Å². The van der Waals surface area contributed by atoms with Gasteiger partial charge in [0.1, 0.15) is 0 Å². The third kappa shape index (κ3) is 1.10. The lowest BCUT2D eigenvalue weighted by Crippen LogP contribution is -2.11. The molecule has 8 heavy (non-hydrogen) atoms. The van der Waals surface area contributed by atoms with E-state index in [-0.39, 0.29) is 6.10 Å². The number of aliphatic hydroxyl groups is 1. The number of hydrogen-bond donors (Lipinski definition) is 2. The number of aliphatic hydroxyl groups excluding tert-OH is 1. The molecule has 1 unspecified atom stereocenters. The van der Waals surface area contributed by atoms with Gasteiger partial charge in [-0.25, -0.2) is 0 Å². The summed E-state index contributed by atoms with van der Waals surface area (Å²) in [4.78, 5) is 0. The predicted octanol–water partition coefficient (Wildman–Crippen LogP) is 0.150. The van der Waals surface area contributed by atoms with Crippen LogP contribution in [0.2, 0.25) is 0 Å². The highest BCUT2D eigenvalue weighted by atomic mass is 16.3. The second kappa shape index (κ2) is 2.01. The van der Waals surface area contributed by atoms with Gasteiger partial charge in [0.2, 0.25) is 0 Å². The molecular formula is C6H9NO. The number of hydrogen-bond acceptors (Lipinski definition) is 2. The molecule has 1 aliphatic carbocycles. The predicted molar refractivity (Wildman–Crippen MR) is 32.0 cm³/mol. The van der Waals surface area contributed by atoms with Crippen LogP contribution in [0.3, 0.4) is 0 Å². The maximum Gasteiger partial charge on any atom is 0.0778 e. The molecule has 0 saturated heterocycles. The van der Waals surface area contributed by atoms with E-state index < -0.39 is 0 Å². The van der Waals surface area contributed by atoms with E-state index in [0.717, 1.165) is 5.70 Å². The third-order valence-corrected chi connectivity index (χ3v) is 1.09. The van der Waals surface area contributed by atoms with Gasteiger partial charge < -0.3 is 10.8 Å². The largest absolute Gasteiger partial charge is 0.402 e. The highest BCUT2D eigenvalue weighted by Crippen LogP contribution is 2.05. The van der Waals surface area contributed by atoms with Crippen molar-refractivity contribution >= 4 is 0 Å². The van der Waals surface area contributed by atoms with Crippen LogP contribution >= 0.6 is 0 Å². The van der Waals surface area contributed by atoms with Gasteiger partial charge in [0.25, 0.3) is 0 Å². The Morgan fingerprint density at radius 3 is 2.88 bits per heavy atom. The maximum atomic E-state index is 8.87. The van der Waals surface area contributed by atoms with E-state index in [1.165, 1.54) is 0 Å². The summed E-state index contributed by atoms with van der Waals surface area (Å²) in [6, 6.07) is 0. The lowest BCUT2D eigenvalue weighted by Gasteiger charge is -2.07. The van der Waals surface area contributed by atoms with Crippen LogP contribution in [0.1, 0.15) is 6.42 Å². The molecule has 44 valence electrons. The molecule has 0 aromatic heterocycles. The molecule has 0 aromatic carbocycles. The van der Waals surface area contributed by atoms with Crippen LogP contribution in [0.15, 0.2) is 23.9 Å². The Morgan fingerprint density at radius 1 is 1.75 bits per heavy atom. The van der Waals surface area contributed by atoms with Crippen molar-refractivity contribution in [3.05, 3.63) is 23.9 Å². The summed E-state index contributed by atoms with van der Waals surface area (Å²) < 4.78 is 0. The molecular weight excluding hydrogens is 102 g/mol. The molecule has 2 heteroatoms. The van der Waals surface area contributed by atoms with Gasteiger partial charge in [-0.2, -0.15) is 0 Å². The van der Waals surface area contributed by atoms with Crippen LogP contribution in [0.4, 0.5) is 0 Å². The minimum Gasteiger partial charge on any atom is -0.402 e. The van der Waals surface area contributed by atoms with Crippen molar-refractivity contribution in [1.82, 2.24) is 0 Å². The van der Waals surface area contributed by atoms with Crippen molar-refractivity contribution in [3.8, 4) is 0 Å². The van der Waals surface area contributed by atoms with Crippen molar-refractivity contribution in [1.29, 1.82) is 0 Å². The quantitative estimate of drug-likeness (QED) is 0.467. The van der Waals surface area contributed by atoms with E-state index in [9.17, 15) is 0 Å². The van der Waals surface area contributed by atoms with Crippen LogP contribution in [0.5, 0.6) is 0 Å². The molecule has 1 atom stereocenters. The fourth-order valence-electron chi connectivity index (χ4n) is 0.685. The zero-order chi connectivity index (χ0) is 5.98. The summed E-state index contributed by atoms with van der Waals surface area (Å²) in [6.07, 6.45) is 5.50. The maximum absolute atomic E-state index is 8.87. The highest BCUT2D eigenvalue weighted by Gasteiger charge is 2.02. The molecule has 0 aliphatic heterocycles. The Morgan fingerprint density at radius 2 is 2.50 bits per heavy atom. The molecule has 1 rings (SSSR count). The molecule has 1 aliphatic rings. The van der Waals surface area contributed by atoms with Crippen molar-refractivity contribution in [3.63, 3.8) is 0 Å². The molecule has 3 N–H and O–H groups in total. The molecule has 0 aromatic rings. The second-order valence-electron chi connectivity index (χ2n) is 1.90. The zero-order valence-electron chi connectivity index (χ0n) is 4.54. The Bertz CT molecular complexity index is 137. The first-order chi connectivity index (χ1) is 3.79. The lowest BCUT2D eigenvalue weighted by atomic mass is 10.1. The summed E-state index contributed by atoms with van der Waals surface area (Å²) in [5.74, 6) is 0. The number of allylic oxidation sites excluding steroid dienone is 2. The molecule has 0 bridgehead atoms. The van der Waals surface area contributed by atoms with Gasteiger partial charge in [0.15, 0.2) is 0 Å². The lowest BCUT2D eigenvalue weighted by molar-refractivity contribution is 0.221. The summed E-state index contributed by atoms with van der Waals surface area (Å²) in [5, 5.41) is 8.87. The summed E-state index contributed by atoms with van der Waals surface area (Å²) in [6.45, 7) is 0. The van der Waals surface area contributed by atoms with Crippen LogP contribution < -0.4 is 5.73 Å². The monoisotopic (exact) mass is 111 g/mol. The third-order valence-electron chi connectivity index (χ3n) is 1.09. The van der Waals surface area contributed by atoms with Crippen molar-refractivity contribution in [2.24, 2.45) is 5.73 Å². The average Bonchev–Trinajstić information content (AvgIpc) is 1.64. The molecule has 0 radical (unpaired) electrons. The van der Waals surface area contributed by atoms with Gasteiger partial charge in [0, 0.05) is 12.1 Å². The van der Waals surface area contributed by atoms with Gasteiger partial charge in [-0.05, 0) is 6.08 Å². The van der Waals surface area contributed by atoms with E-state index >= 15 is 0 Å². The van der Waals surface area contributed by atoms with Crippen LogP contribution in [-0.2, 0) is 0 Å². The van der Waals surface area contributed by atoms with Crippen molar-refractivity contribution < 1.29 is 5.11 Å². The molecule has 2 nitrogen and oxygen atoms in total. The van der Waals surface area contributed by atoms with E-state index in [0.29, 0.717) is 6.42 Å². The number of rotatable bonds is 0. The van der Waals surface area contributed by atoms with Crippen LogP contribution in [0, 0.1) is 0 Å². The SMILES string of the molecule is NC1=CC=CC(O)C1. The van der Waals surface area contributed by atoms with Crippen LogP contribution in [-0.4, -0.2) is 11.2 Å².